The molecule has 1 N–H and O–H groups in total. The van der Waals surface area contributed by atoms with Gasteiger partial charge in [0.05, 0.1) is 6.04 Å². The van der Waals surface area contributed by atoms with Gasteiger partial charge in [-0.25, -0.2) is 4.39 Å². The lowest BCUT2D eigenvalue weighted by Crippen LogP contribution is -2.54. The zero-order valence-electron chi connectivity index (χ0n) is 13.3. The largest absolute Gasteiger partial charge is 0.311 e. The fraction of sp³-hybridized carbons (Fsp3) is 0.647. The number of likely N-dealkylation sites (tertiary alicyclic amines) is 1. The highest BCUT2D eigenvalue weighted by atomic mass is 35.5. The number of hydrogen-bond donors (Lipinski definition) is 1. The van der Waals surface area contributed by atoms with Crippen molar-refractivity contribution in [3.63, 3.8) is 0 Å². The van der Waals surface area contributed by atoms with Crippen LogP contribution in [0.25, 0.3) is 0 Å². The summed E-state index contributed by atoms with van der Waals surface area (Å²) < 4.78 is 13.7. The van der Waals surface area contributed by atoms with Crippen molar-refractivity contribution in [3.8, 4) is 0 Å². The summed E-state index contributed by atoms with van der Waals surface area (Å²) in [5.41, 5.74) is 0.859. The van der Waals surface area contributed by atoms with Crippen molar-refractivity contribution < 1.29 is 4.39 Å². The minimum atomic E-state index is -0.225. The molecule has 4 heteroatoms. The van der Waals surface area contributed by atoms with Gasteiger partial charge in [-0.3, -0.25) is 4.90 Å². The van der Waals surface area contributed by atoms with E-state index in [9.17, 15) is 4.39 Å². The molecule has 0 radical (unpaired) electrons. The molecule has 21 heavy (non-hydrogen) atoms. The molecule has 1 aliphatic rings. The summed E-state index contributed by atoms with van der Waals surface area (Å²) in [5, 5.41) is 4.05. The Labute approximate surface area is 132 Å². The summed E-state index contributed by atoms with van der Waals surface area (Å²) in [6.07, 6.45) is 4.52. The highest BCUT2D eigenvalue weighted by molar-refractivity contribution is 6.31. The van der Waals surface area contributed by atoms with Gasteiger partial charge in [0.2, 0.25) is 0 Å². The third-order valence-corrected chi connectivity index (χ3v) is 5.40. The number of benzene rings is 1. The van der Waals surface area contributed by atoms with Gasteiger partial charge >= 0.3 is 0 Å². The summed E-state index contributed by atoms with van der Waals surface area (Å²) >= 11 is 6.37. The van der Waals surface area contributed by atoms with Crippen LogP contribution >= 0.6 is 11.6 Å². The zero-order valence-corrected chi connectivity index (χ0v) is 14.0. The van der Waals surface area contributed by atoms with Crippen LogP contribution in [0.4, 0.5) is 4.39 Å². The van der Waals surface area contributed by atoms with E-state index in [-0.39, 0.29) is 17.4 Å². The van der Waals surface area contributed by atoms with Crippen LogP contribution in [0.5, 0.6) is 0 Å². The van der Waals surface area contributed by atoms with Crippen molar-refractivity contribution in [2.45, 2.75) is 51.1 Å². The van der Waals surface area contributed by atoms with E-state index in [0.717, 1.165) is 31.5 Å². The summed E-state index contributed by atoms with van der Waals surface area (Å²) in [5.74, 6) is -0.225. The van der Waals surface area contributed by atoms with Crippen LogP contribution in [0.15, 0.2) is 18.2 Å². The molecule has 1 aromatic rings. The second-order valence-corrected chi connectivity index (χ2v) is 6.30. The standard InChI is InChI=1S/C17H26ClFN2/c1-4-17(5-2,21-10-6-7-11-21)16(20-3)14-12-13(19)8-9-15(14)18/h8-9,12,16,20H,4-7,10-11H2,1-3H3. The molecule has 0 aliphatic carbocycles. The normalized spacial score (nSPS) is 18.1. The highest BCUT2D eigenvalue weighted by Crippen LogP contribution is 2.41. The molecular weight excluding hydrogens is 287 g/mol. The predicted molar refractivity (Wildman–Crippen MR) is 87.3 cm³/mol. The van der Waals surface area contributed by atoms with Gasteiger partial charge in [-0.1, -0.05) is 25.4 Å². The van der Waals surface area contributed by atoms with E-state index >= 15 is 0 Å². The average molecular weight is 313 g/mol. The van der Waals surface area contributed by atoms with Crippen molar-refractivity contribution >= 4 is 11.6 Å². The number of halogens is 2. The summed E-state index contributed by atoms with van der Waals surface area (Å²) in [6, 6.07) is 4.71. The Balaban J connectivity index is 2.46. The third kappa shape index (κ3) is 3.10. The van der Waals surface area contributed by atoms with Crippen LogP contribution in [0.1, 0.15) is 51.1 Å². The van der Waals surface area contributed by atoms with Crippen molar-refractivity contribution in [2.24, 2.45) is 0 Å². The van der Waals surface area contributed by atoms with E-state index in [1.807, 2.05) is 7.05 Å². The van der Waals surface area contributed by atoms with Crippen LogP contribution in [0, 0.1) is 5.82 Å². The Morgan fingerprint density at radius 2 is 1.90 bits per heavy atom. The Hall–Kier alpha value is -0.640. The minimum Gasteiger partial charge on any atom is -0.311 e. The van der Waals surface area contributed by atoms with E-state index < -0.39 is 0 Å². The van der Waals surface area contributed by atoms with E-state index in [0.29, 0.717) is 5.02 Å². The molecule has 0 saturated carbocycles. The van der Waals surface area contributed by atoms with Gasteiger partial charge in [-0.2, -0.15) is 0 Å². The molecular formula is C17H26ClFN2. The predicted octanol–water partition coefficient (Wildman–Crippen LogP) is 4.39. The van der Waals surface area contributed by atoms with E-state index in [1.54, 1.807) is 12.1 Å². The Morgan fingerprint density at radius 3 is 2.43 bits per heavy atom. The molecule has 1 aliphatic heterocycles. The van der Waals surface area contributed by atoms with Crippen LogP contribution in [-0.2, 0) is 0 Å². The Morgan fingerprint density at radius 1 is 1.29 bits per heavy atom. The van der Waals surface area contributed by atoms with E-state index in [1.165, 1.54) is 18.9 Å². The van der Waals surface area contributed by atoms with Gasteiger partial charge in [0, 0.05) is 10.6 Å². The fourth-order valence-electron chi connectivity index (χ4n) is 3.90. The first kappa shape index (κ1) is 16.7. The molecule has 1 unspecified atom stereocenters. The van der Waals surface area contributed by atoms with Crippen molar-refractivity contribution in [1.29, 1.82) is 0 Å². The Bertz CT molecular complexity index is 468. The second kappa shape index (κ2) is 7.08. The topological polar surface area (TPSA) is 15.3 Å². The molecule has 2 nitrogen and oxygen atoms in total. The van der Waals surface area contributed by atoms with Crippen LogP contribution < -0.4 is 5.32 Å². The molecule has 1 aromatic carbocycles. The minimum absolute atomic E-state index is 0.0112. The first-order valence-electron chi connectivity index (χ1n) is 7.96. The molecule has 1 heterocycles. The van der Waals surface area contributed by atoms with Gasteiger partial charge < -0.3 is 5.32 Å². The SMILES string of the molecule is CCC(CC)(C(NC)c1cc(F)ccc1Cl)N1CCCC1. The van der Waals surface area contributed by atoms with E-state index in [2.05, 4.69) is 24.1 Å². The van der Waals surface area contributed by atoms with Gasteiger partial charge in [0.25, 0.3) is 0 Å². The van der Waals surface area contributed by atoms with Crippen LogP contribution in [-0.4, -0.2) is 30.6 Å². The van der Waals surface area contributed by atoms with Gasteiger partial charge in [-0.05, 0) is 69.6 Å². The van der Waals surface area contributed by atoms with Crippen molar-refractivity contribution in [1.82, 2.24) is 10.2 Å². The molecule has 118 valence electrons. The smallest absolute Gasteiger partial charge is 0.123 e. The molecule has 0 amide bonds. The Kier molecular flexibility index (Phi) is 5.64. The summed E-state index contributed by atoms with van der Waals surface area (Å²) in [6.45, 7) is 6.68. The van der Waals surface area contributed by atoms with E-state index in [4.69, 9.17) is 11.6 Å². The molecule has 0 spiro atoms. The molecule has 1 fully saturated rings. The lowest BCUT2D eigenvalue weighted by molar-refractivity contribution is 0.0646. The second-order valence-electron chi connectivity index (χ2n) is 5.89. The summed E-state index contributed by atoms with van der Waals surface area (Å²) in [7, 11) is 1.95. The number of hydrogen-bond acceptors (Lipinski definition) is 2. The first-order valence-corrected chi connectivity index (χ1v) is 8.34. The lowest BCUT2D eigenvalue weighted by Gasteiger charge is -2.47. The monoisotopic (exact) mass is 312 g/mol. The fourth-order valence-corrected chi connectivity index (χ4v) is 4.13. The van der Waals surface area contributed by atoms with Gasteiger partial charge in [0.1, 0.15) is 5.82 Å². The maximum absolute atomic E-state index is 13.7. The van der Waals surface area contributed by atoms with Gasteiger partial charge in [-0.15, -0.1) is 0 Å². The molecule has 2 rings (SSSR count). The van der Waals surface area contributed by atoms with Gasteiger partial charge in [0.15, 0.2) is 0 Å². The number of likely N-dealkylation sites (N-methyl/N-ethyl adjacent to an activating group) is 1. The average Bonchev–Trinajstić information content (AvgIpc) is 3.02. The number of rotatable bonds is 6. The van der Waals surface area contributed by atoms with Crippen molar-refractivity contribution in [3.05, 3.63) is 34.6 Å². The first-order chi connectivity index (χ1) is 10.1. The third-order valence-electron chi connectivity index (χ3n) is 5.06. The lowest BCUT2D eigenvalue weighted by atomic mass is 9.79. The maximum Gasteiger partial charge on any atom is 0.123 e. The van der Waals surface area contributed by atoms with Crippen LogP contribution in [0.3, 0.4) is 0 Å². The molecule has 1 atom stereocenters. The maximum atomic E-state index is 13.7. The molecule has 0 bridgehead atoms. The van der Waals surface area contributed by atoms with Crippen molar-refractivity contribution in [2.75, 3.05) is 20.1 Å². The number of nitrogens with one attached hydrogen (secondary N) is 1. The molecule has 1 saturated heterocycles. The molecule has 0 aromatic heterocycles. The number of nitrogens with zero attached hydrogens (tertiary/aromatic N) is 1. The van der Waals surface area contributed by atoms with Crippen LogP contribution in [0.2, 0.25) is 5.02 Å². The quantitative estimate of drug-likeness (QED) is 0.838. The zero-order chi connectivity index (χ0) is 15.5. The summed E-state index contributed by atoms with van der Waals surface area (Å²) in [4.78, 5) is 2.56. The highest BCUT2D eigenvalue weighted by Gasteiger charge is 2.42.